The van der Waals surface area contributed by atoms with Crippen molar-refractivity contribution in [3.8, 4) is 0 Å². The maximum atomic E-state index is 13.7. The predicted molar refractivity (Wildman–Crippen MR) is 209 cm³/mol. The molecule has 0 spiro atoms. The highest BCUT2D eigenvalue weighted by molar-refractivity contribution is 5.95. The Morgan fingerprint density at radius 3 is 1.63 bits per heavy atom. The Hall–Kier alpha value is -6.40. The van der Waals surface area contributed by atoms with Gasteiger partial charge >= 0.3 is 0 Å². The summed E-state index contributed by atoms with van der Waals surface area (Å²) in [5.41, 5.74) is 40.9. The zero-order valence-electron chi connectivity index (χ0n) is 30.8. The number of rotatable bonds is 22. The third kappa shape index (κ3) is 16.7. The number of nitrogens with one attached hydrogen (secondary N) is 5. The van der Waals surface area contributed by atoms with Crippen LogP contribution in [0.1, 0.15) is 61.8 Å². The van der Waals surface area contributed by atoms with Crippen LogP contribution >= 0.6 is 0 Å². The van der Waals surface area contributed by atoms with E-state index < -0.39 is 47.7 Å². The first-order valence-corrected chi connectivity index (χ1v) is 17.4. The first-order chi connectivity index (χ1) is 25.5. The molecule has 0 aliphatic heterocycles. The SMILES string of the molecule is CC(C)[C@H](NC(=O)[C@H](CCCN=C(N)N)NC(=O)Cc1ccc(CN=C(N)N)cc1)C(=O)N[C@@H](CCCN=C(N)N)C(=O)NCc1ccc(C(=N)N)cc1. The van der Waals surface area contributed by atoms with Crippen LogP contribution in [0.5, 0.6) is 0 Å². The van der Waals surface area contributed by atoms with Crippen LogP contribution in [0, 0.1) is 11.3 Å². The molecular weight excluding hydrogens is 694 g/mol. The van der Waals surface area contributed by atoms with Crippen LogP contribution in [-0.4, -0.2) is 78.6 Å². The van der Waals surface area contributed by atoms with Crippen molar-refractivity contribution in [3.05, 3.63) is 70.8 Å². The lowest BCUT2D eigenvalue weighted by molar-refractivity contribution is -0.134. The number of guanidine groups is 3. The van der Waals surface area contributed by atoms with Crippen LogP contribution in [-0.2, 0) is 38.7 Å². The number of hydrogen-bond acceptors (Lipinski definition) is 8. The molecule has 2 rings (SSSR count). The average molecular weight is 750 g/mol. The van der Waals surface area contributed by atoms with E-state index in [4.69, 9.17) is 45.5 Å². The van der Waals surface area contributed by atoms with Crippen molar-refractivity contribution in [1.29, 1.82) is 5.41 Å². The van der Waals surface area contributed by atoms with Crippen molar-refractivity contribution in [1.82, 2.24) is 21.3 Å². The minimum atomic E-state index is -1.07. The van der Waals surface area contributed by atoms with E-state index in [9.17, 15) is 19.2 Å². The molecule has 3 atom stereocenters. The highest BCUT2D eigenvalue weighted by Gasteiger charge is 2.31. The van der Waals surface area contributed by atoms with Crippen molar-refractivity contribution in [2.24, 2.45) is 61.0 Å². The Morgan fingerprint density at radius 1 is 0.630 bits per heavy atom. The van der Waals surface area contributed by atoms with Crippen molar-refractivity contribution >= 4 is 47.3 Å². The molecule has 0 fully saturated rings. The summed E-state index contributed by atoms with van der Waals surface area (Å²) >= 11 is 0. The van der Waals surface area contributed by atoms with Gasteiger partial charge < -0.3 is 61.4 Å². The summed E-state index contributed by atoms with van der Waals surface area (Å²) in [6.07, 6.45) is 1.05. The van der Waals surface area contributed by atoms with Gasteiger partial charge in [-0.05, 0) is 48.3 Å². The molecule has 0 bridgehead atoms. The van der Waals surface area contributed by atoms with Gasteiger partial charge in [0.2, 0.25) is 23.6 Å². The monoisotopic (exact) mass is 749 g/mol. The van der Waals surface area contributed by atoms with E-state index in [0.717, 1.165) is 11.1 Å². The number of carbonyl (C=O) groups excluding carboxylic acids is 4. The Kier molecular flexibility index (Phi) is 18.2. The molecule has 294 valence electrons. The summed E-state index contributed by atoms with van der Waals surface area (Å²) in [6.45, 7) is 4.36. The van der Waals surface area contributed by atoms with Gasteiger partial charge in [0.25, 0.3) is 0 Å². The molecule has 54 heavy (non-hydrogen) atoms. The molecular formula is C35H55N15O4. The summed E-state index contributed by atoms with van der Waals surface area (Å²) in [5.74, 6) is -2.82. The maximum absolute atomic E-state index is 13.7. The Balaban J connectivity index is 2.19. The highest BCUT2D eigenvalue weighted by atomic mass is 16.2. The molecule has 2 aromatic carbocycles. The molecule has 0 aromatic heterocycles. The Bertz CT molecular complexity index is 1650. The number of carbonyl (C=O) groups is 4. The van der Waals surface area contributed by atoms with Crippen molar-refractivity contribution in [2.75, 3.05) is 13.1 Å². The summed E-state index contributed by atoms with van der Waals surface area (Å²) in [6, 6.07) is 10.8. The minimum absolute atomic E-state index is 0.0220. The van der Waals surface area contributed by atoms with E-state index in [1.807, 2.05) is 0 Å². The van der Waals surface area contributed by atoms with E-state index in [-0.39, 0.29) is 62.6 Å². The van der Waals surface area contributed by atoms with Gasteiger partial charge in [0.1, 0.15) is 24.0 Å². The second kappa shape index (κ2) is 22.5. The van der Waals surface area contributed by atoms with Crippen molar-refractivity contribution in [3.63, 3.8) is 0 Å². The summed E-state index contributed by atoms with van der Waals surface area (Å²) in [7, 11) is 0. The van der Waals surface area contributed by atoms with Crippen LogP contribution in [0.25, 0.3) is 0 Å². The van der Waals surface area contributed by atoms with Crippen molar-refractivity contribution in [2.45, 2.75) is 77.2 Å². The van der Waals surface area contributed by atoms with E-state index >= 15 is 0 Å². The molecule has 4 amide bonds. The fraction of sp³-hybridized carbons (Fsp3) is 0.429. The van der Waals surface area contributed by atoms with Gasteiger partial charge in [-0.2, -0.15) is 0 Å². The zero-order chi connectivity index (χ0) is 40.2. The van der Waals surface area contributed by atoms with E-state index in [1.165, 1.54) is 0 Å². The zero-order valence-corrected chi connectivity index (χ0v) is 30.8. The standard InChI is InChI=1S/C35H55N15O4/c1-20(2)28(32(54)49-25(5-3-15-44-33(38)39)30(52)46-18-23-11-13-24(14-12-23)29(36)37)50-31(53)26(6-4-16-45-34(40)41)48-27(51)17-21-7-9-22(10-8-21)19-47-35(42)43/h7-14,20,25-26,28H,3-6,15-19H2,1-2H3,(H3,36,37)(H,46,52)(H,48,51)(H,49,54)(H,50,53)(H4,38,39,44)(H4,40,41,45)(H4,42,43,47)/t25-,26-,28-/m0/s1. The smallest absolute Gasteiger partial charge is 0.243 e. The second-order valence-electron chi connectivity index (χ2n) is 12.9. The van der Waals surface area contributed by atoms with Gasteiger partial charge in [-0.15, -0.1) is 0 Å². The summed E-state index contributed by atoms with van der Waals surface area (Å²) < 4.78 is 0. The van der Waals surface area contributed by atoms with E-state index in [2.05, 4.69) is 36.2 Å². The van der Waals surface area contributed by atoms with Crippen LogP contribution in [0.4, 0.5) is 0 Å². The molecule has 0 saturated heterocycles. The minimum Gasteiger partial charge on any atom is -0.384 e. The van der Waals surface area contributed by atoms with E-state index in [1.54, 1.807) is 62.4 Å². The normalized spacial score (nSPS) is 12.3. The van der Waals surface area contributed by atoms with Crippen molar-refractivity contribution < 1.29 is 19.2 Å². The fourth-order valence-electron chi connectivity index (χ4n) is 5.09. The molecule has 0 unspecified atom stereocenters. The van der Waals surface area contributed by atoms with Crippen LogP contribution in [0.15, 0.2) is 63.5 Å². The first-order valence-electron chi connectivity index (χ1n) is 17.4. The number of nitrogen functional groups attached to an aromatic ring is 1. The highest BCUT2D eigenvalue weighted by Crippen LogP contribution is 2.10. The molecule has 0 heterocycles. The summed E-state index contributed by atoms with van der Waals surface area (Å²) in [4.78, 5) is 65.8. The van der Waals surface area contributed by atoms with Gasteiger partial charge in [-0.1, -0.05) is 62.4 Å². The molecule has 0 aliphatic rings. The number of aliphatic imine (C=N–C) groups is 3. The second-order valence-corrected chi connectivity index (χ2v) is 12.9. The predicted octanol–water partition coefficient (Wildman–Crippen LogP) is -2.18. The van der Waals surface area contributed by atoms with Gasteiger partial charge in [0.15, 0.2) is 17.9 Å². The summed E-state index contributed by atoms with van der Waals surface area (Å²) in [5, 5.41) is 18.7. The molecule has 0 radical (unpaired) electrons. The quantitative estimate of drug-likeness (QED) is 0.0349. The third-order valence-corrected chi connectivity index (χ3v) is 7.99. The van der Waals surface area contributed by atoms with Gasteiger partial charge in [0, 0.05) is 25.2 Å². The lowest BCUT2D eigenvalue weighted by atomic mass is 10.0. The molecule has 0 saturated carbocycles. The first kappa shape index (κ1) is 43.8. The molecule has 19 heteroatoms. The maximum Gasteiger partial charge on any atom is 0.243 e. The number of nitrogens with two attached hydrogens (primary N) is 7. The lowest BCUT2D eigenvalue weighted by Gasteiger charge is -2.27. The number of amidine groups is 1. The number of benzene rings is 2. The van der Waals surface area contributed by atoms with E-state index in [0.29, 0.717) is 30.5 Å². The largest absolute Gasteiger partial charge is 0.384 e. The van der Waals surface area contributed by atoms with Crippen LogP contribution in [0.2, 0.25) is 0 Å². The number of amides is 4. The number of hydrogen-bond donors (Lipinski definition) is 12. The average Bonchev–Trinajstić information content (AvgIpc) is 3.11. The van der Waals surface area contributed by atoms with Gasteiger partial charge in [-0.25, -0.2) is 4.99 Å². The third-order valence-electron chi connectivity index (χ3n) is 7.99. The van der Waals surface area contributed by atoms with Gasteiger partial charge in [-0.3, -0.25) is 34.6 Å². The topological polar surface area (TPSA) is 359 Å². The molecule has 19 nitrogen and oxygen atoms in total. The molecule has 0 aliphatic carbocycles. The Morgan fingerprint density at radius 2 is 1.13 bits per heavy atom. The number of nitrogens with zero attached hydrogens (tertiary/aromatic N) is 3. The Labute approximate surface area is 314 Å². The molecule has 2 aromatic rings. The van der Waals surface area contributed by atoms with Crippen LogP contribution in [0.3, 0.4) is 0 Å². The van der Waals surface area contributed by atoms with Gasteiger partial charge in [0.05, 0.1) is 13.0 Å². The molecule has 19 N–H and O–H groups in total. The fourth-order valence-corrected chi connectivity index (χ4v) is 5.09. The van der Waals surface area contributed by atoms with Crippen LogP contribution < -0.4 is 61.4 Å². The lowest BCUT2D eigenvalue weighted by Crippen LogP contribution is -2.58.